The van der Waals surface area contributed by atoms with Gasteiger partial charge in [-0.15, -0.1) is 23.2 Å². The van der Waals surface area contributed by atoms with Crippen LogP contribution in [0.4, 0.5) is 5.69 Å². The Balaban J connectivity index is 0.960. The molecule has 2 aromatic carbocycles. The number of anilines is 1. The molecule has 0 amide bonds. The van der Waals surface area contributed by atoms with Gasteiger partial charge in [0.05, 0.1) is 13.2 Å². The Morgan fingerprint density at radius 1 is 0.873 bits per heavy atom. The maximum Gasteiger partial charge on any atom is 0.306 e. The van der Waals surface area contributed by atoms with E-state index >= 15 is 0 Å². The lowest BCUT2D eigenvalue weighted by atomic mass is 9.43. The van der Waals surface area contributed by atoms with E-state index in [4.69, 9.17) is 37.4 Å². The van der Waals surface area contributed by atoms with Crippen molar-refractivity contribution in [3.8, 4) is 5.75 Å². The Hall–Kier alpha value is -2.48. The van der Waals surface area contributed by atoms with Gasteiger partial charge in [0.15, 0.2) is 0 Å². The summed E-state index contributed by atoms with van der Waals surface area (Å²) in [6.45, 7) is 8.94. The lowest BCUT2D eigenvalue weighted by molar-refractivity contribution is -0.181. The van der Waals surface area contributed by atoms with Crippen molar-refractivity contribution in [2.24, 2.45) is 46.3 Å². The summed E-state index contributed by atoms with van der Waals surface area (Å²) in [6, 6.07) is 16.1. The summed E-state index contributed by atoms with van der Waals surface area (Å²) in [7, 11) is 1.64. The number of aryl methyl sites for hydroxylation is 1. The summed E-state index contributed by atoms with van der Waals surface area (Å²) in [5.41, 5.74) is 3.33. The first-order chi connectivity index (χ1) is 26.5. The monoisotopic (exact) mass is 797 g/mol. The summed E-state index contributed by atoms with van der Waals surface area (Å²) < 4.78 is 17.0. The van der Waals surface area contributed by atoms with Crippen LogP contribution in [0.3, 0.4) is 0 Å². The van der Waals surface area contributed by atoms with E-state index in [0.717, 1.165) is 87.9 Å². The first-order valence-electron chi connectivity index (χ1n) is 21.1. The third-order valence-electron chi connectivity index (χ3n) is 15.0. The molecule has 0 bridgehead atoms. The van der Waals surface area contributed by atoms with Gasteiger partial charge in [-0.2, -0.15) is 0 Å². The number of ether oxygens (including phenoxy) is 3. The normalized spacial score (nSPS) is 31.7. The second-order valence-corrected chi connectivity index (χ2v) is 18.5. The van der Waals surface area contributed by atoms with Gasteiger partial charge in [-0.25, -0.2) is 0 Å². The Kier molecular flexibility index (Phi) is 14.4. The number of carbonyl (C=O) groups is 2. The van der Waals surface area contributed by atoms with Crippen LogP contribution in [0.25, 0.3) is 0 Å². The predicted octanol–water partition coefficient (Wildman–Crippen LogP) is 10.0. The van der Waals surface area contributed by atoms with Crippen molar-refractivity contribution in [1.29, 1.82) is 0 Å². The van der Waals surface area contributed by atoms with Gasteiger partial charge >= 0.3 is 11.9 Å². The molecule has 6 rings (SSSR count). The standard InChI is InChI=1S/C46H65Cl2NO6/c1-31(8-21-43(51)54-30-33-11-16-36(53-4)17-12-33)39-19-20-40-38-18-13-34-28-37(22-23-45(34,2)41(38)29-42(50)46(39,40)3)55-44(52)7-5-6-32-9-14-35(15-10-32)49(26-24-47)27-25-48/h9-12,14-17,31,34,37-42,50H,5-8,13,18-30H2,1-4H3/t31-,34-,37-,38+,39-,40+,41+,42+,45+,46-/m1/s1. The molecule has 0 radical (unpaired) electrons. The molecule has 1 N–H and O–H groups in total. The van der Waals surface area contributed by atoms with Gasteiger partial charge < -0.3 is 24.2 Å². The third-order valence-corrected chi connectivity index (χ3v) is 15.3. The molecule has 55 heavy (non-hydrogen) atoms. The van der Waals surface area contributed by atoms with Crippen molar-refractivity contribution in [1.82, 2.24) is 0 Å². The van der Waals surface area contributed by atoms with E-state index < -0.39 is 0 Å². The highest BCUT2D eigenvalue weighted by Crippen LogP contribution is 2.68. The van der Waals surface area contributed by atoms with E-state index in [0.29, 0.717) is 60.1 Å². The summed E-state index contributed by atoms with van der Waals surface area (Å²) in [5, 5.41) is 12.1. The van der Waals surface area contributed by atoms with Crippen LogP contribution in [0.1, 0.15) is 109 Å². The Morgan fingerprint density at radius 2 is 1.58 bits per heavy atom. The first kappa shape index (κ1) is 42.1. The largest absolute Gasteiger partial charge is 0.497 e. The lowest BCUT2D eigenvalue weighted by Gasteiger charge is -2.62. The molecule has 4 saturated carbocycles. The molecular weight excluding hydrogens is 733 g/mol. The highest BCUT2D eigenvalue weighted by molar-refractivity contribution is 6.18. The van der Waals surface area contributed by atoms with Crippen LogP contribution in [0.15, 0.2) is 48.5 Å². The fraction of sp³-hybridized carbons (Fsp3) is 0.696. The molecule has 0 heterocycles. The van der Waals surface area contributed by atoms with Crippen molar-refractivity contribution in [3.63, 3.8) is 0 Å². The molecule has 10 atom stereocenters. The number of carbonyl (C=O) groups excluding carboxylic acids is 2. The van der Waals surface area contributed by atoms with Crippen LogP contribution in [-0.2, 0) is 32.1 Å². The molecule has 0 aliphatic heterocycles. The van der Waals surface area contributed by atoms with Gasteiger partial charge in [0.1, 0.15) is 18.5 Å². The molecule has 9 heteroatoms. The molecule has 4 fully saturated rings. The zero-order valence-electron chi connectivity index (χ0n) is 33.7. The minimum Gasteiger partial charge on any atom is -0.497 e. The number of nitrogens with zero attached hydrogens (tertiary/aromatic N) is 1. The van der Waals surface area contributed by atoms with Crippen LogP contribution >= 0.6 is 23.2 Å². The van der Waals surface area contributed by atoms with Crippen LogP contribution in [0, 0.1) is 46.3 Å². The molecule has 0 unspecified atom stereocenters. The SMILES string of the molecule is COc1ccc(COC(=O)CC[C@@H](C)[C@H]2CC[C@H]3[C@@H]4CC[C@@H]5C[C@H](OC(=O)CCCc6ccc(N(CCCl)CCCl)cc6)CC[C@]5(C)[C@H]4C[C@H](O)[C@]23C)cc1. The Morgan fingerprint density at radius 3 is 2.27 bits per heavy atom. The third kappa shape index (κ3) is 9.47. The van der Waals surface area contributed by atoms with Crippen LogP contribution in [0.5, 0.6) is 5.75 Å². The second-order valence-electron chi connectivity index (χ2n) is 17.8. The van der Waals surface area contributed by atoms with Gasteiger partial charge in [-0.3, -0.25) is 9.59 Å². The lowest BCUT2D eigenvalue weighted by Crippen LogP contribution is -2.59. The van der Waals surface area contributed by atoms with Gasteiger partial charge in [-0.05, 0) is 152 Å². The van der Waals surface area contributed by atoms with Crippen LogP contribution in [0.2, 0.25) is 0 Å². The molecular formula is C46H65Cl2NO6. The molecule has 2 aromatic rings. The maximum absolute atomic E-state index is 13.0. The second kappa shape index (κ2) is 18.9. The van der Waals surface area contributed by atoms with Crippen molar-refractivity contribution in [3.05, 3.63) is 59.7 Å². The number of esters is 2. The highest BCUT2D eigenvalue weighted by atomic mass is 35.5. The zero-order valence-corrected chi connectivity index (χ0v) is 35.2. The number of halogens is 2. The average molecular weight is 799 g/mol. The fourth-order valence-corrected chi connectivity index (χ4v) is 12.3. The van der Waals surface area contributed by atoms with Crippen LogP contribution < -0.4 is 9.64 Å². The van der Waals surface area contributed by atoms with Gasteiger partial charge in [0.2, 0.25) is 0 Å². The number of methoxy groups -OCH3 is 1. The van der Waals surface area contributed by atoms with Crippen molar-refractivity contribution in [2.45, 2.75) is 123 Å². The number of rotatable bonds is 17. The summed E-state index contributed by atoms with van der Waals surface area (Å²) >= 11 is 12.0. The Bertz CT molecular complexity index is 1550. The Labute approximate surface area is 340 Å². The number of fused-ring (bicyclic) bond motifs is 5. The zero-order chi connectivity index (χ0) is 39.2. The molecule has 4 aliphatic rings. The highest BCUT2D eigenvalue weighted by Gasteiger charge is 2.63. The molecule has 0 aromatic heterocycles. The minimum atomic E-state index is -0.340. The van der Waals surface area contributed by atoms with Crippen molar-refractivity contribution in [2.75, 3.05) is 36.9 Å². The summed E-state index contributed by atoms with van der Waals surface area (Å²) in [6.07, 6.45) is 11.3. The number of aliphatic hydroxyl groups excluding tert-OH is 1. The van der Waals surface area contributed by atoms with Crippen molar-refractivity contribution >= 4 is 40.8 Å². The quantitative estimate of drug-likeness (QED) is 0.126. The first-order valence-corrected chi connectivity index (χ1v) is 22.2. The smallest absolute Gasteiger partial charge is 0.306 e. The van der Waals surface area contributed by atoms with Gasteiger partial charge in [-0.1, -0.05) is 45.0 Å². The van der Waals surface area contributed by atoms with Gasteiger partial charge in [0.25, 0.3) is 0 Å². The number of hydrogen-bond acceptors (Lipinski definition) is 7. The van der Waals surface area contributed by atoms with Gasteiger partial charge in [0, 0.05) is 43.4 Å². The van der Waals surface area contributed by atoms with Crippen LogP contribution in [-0.4, -0.2) is 61.2 Å². The predicted molar refractivity (Wildman–Crippen MR) is 221 cm³/mol. The maximum atomic E-state index is 13.0. The molecule has 0 spiro atoms. The number of benzene rings is 2. The van der Waals surface area contributed by atoms with Crippen molar-refractivity contribution < 1.29 is 28.9 Å². The minimum absolute atomic E-state index is 0.00496. The van der Waals surface area contributed by atoms with E-state index in [1.165, 1.54) is 18.4 Å². The molecule has 4 aliphatic carbocycles. The number of alkyl halides is 2. The average Bonchev–Trinajstić information content (AvgIpc) is 3.55. The number of aliphatic hydroxyl groups is 1. The molecule has 304 valence electrons. The van der Waals surface area contributed by atoms with E-state index in [9.17, 15) is 14.7 Å². The fourth-order valence-electron chi connectivity index (χ4n) is 11.9. The topological polar surface area (TPSA) is 85.3 Å². The van der Waals surface area contributed by atoms with E-state index in [1.54, 1.807) is 7.11 Å². The number of hydrogen-bond donors (Lipinski definition) is 1. The summed E-state index contributed by atoms with van der Waals surface area (Å²) in [5.74, 6) is 4.56. The summed E-state index contributed by atoms with van der Waals surface area (Å²) in [4.78, 5) is 28.0. The van der Waals surface area contributed by atoms with E-state index in [1.807, 2.05) is 24.3 Å². The van der Waals surface area contributed by atoms with E-state index in [-0.39, 0.29) is 41.6 Å². The van der Waals surface area contributed by atoms with E-state index in [2.05, 4.69) is 49.9 Å². The molecule has 0 saturated heterocycles. The molecule has 7 nitrogen and oxygen atoms in total.